The maximum Gasteiger partial charge on any atom is 0.245 e. The topological polar surface area (TPSA) is 135 Å². The van der Waals surface area contributed by atoms with E-state index < -0.39 is 10.0 Å². The zero-order valence-electron chi connectivity index (χ0n) is 18.5. The number of aromatic nitrogens is 4. The van der Waals surface area contributed by atoms with Gasteiger partial charge in [-0.3, -0.25) is 0 Å². The van der Waals surface area contributed by atoms with Gasteiger partial charge in [0.2, 0.25) is 21.9 Å². The van der Waals surface area contributed by atoms with Gasteiger partial charge in [-0.05, 0) is 55.2 Å². The van der Waals surface area contributed by atoms with Crippen molar-refractivity contribution >= 4 is 32.8 Å². The molecule has 0 atom stereocenters. The predicted molar refractivity (Wildman–Crippen MR) is 126 cm³/mol. The molecule has 3 heterocycles. The third kappa shape index (κ3) is 5.20. The summed E-state index contributed by atoms with van der Waals surface area (Å²) < 4.78 is 38.8. The van der Waals surface area contributed by atoms with E-state index >= 15 is 0 Å². The highest BCUT2D eigenvalue weighted by atomic mass is 32.2. The number of nitrogens with one attached hydrogen (secondary N) is 3. The van der Waals surface area contributed by atoms with E-state index in [0.717, 1.165) is 0 Å². The predicted octanol–water partition coefficient (Wildman–Crippen LogP) is 4.13. The van der Waals surface area contributed by atoms with Gasteiger partial charge in [-0.25, -0.2) is 18.1 Å². The first kappa shape index (κ1) is 22.4. The first-order chi connectivity index (χ1) is 16.6. The minimum Gasteiger partial charge on any atom is -0.476 e. The lowest BCUT2D eigenvalue weighted by Gasteiger charge is -2.21. The highest BCUT2D eigenvalue weighted by Gasteiger charge is 2.18. The zero-order valence-corrected chi connectivity index (χ0v) is 19.3. The first-order valence-electron chi connectivity index (χ1n) is 11.3. The second kappa shape index (κ2) is 9.82. The molecule has 178 valence electrons. The van der Waals surface area contributed by atoms with E-state index in [-0.39, 0.29) is 11.4 Å². The van der Waals surface area contributed by atoms with Crippen LogP contribution in [-0.2, 0) is 16.6 Å². The van der Waals surface area contributed by atoms with Crippen LogP contribution in [0.1, 0.15) is 37.9 Å². The van der Waals surface area contributed by atoms with Crippen LogP contribution in [-0.4, -0.2) is 35.0 Å². The van der Waals surface area contributed by atoms with Gasteiger partial charge in [0.25, 0.3) is 0 Å². The van der Waals surface area contributed by atoms with Gasteiger partial charge in [-0.15, -0.1) is 0 Å². The Morgan fingerprint density at radius 1 is 1.09 bits per heavy atom. The number of fused-ring (bicyclic) bond motifs is 1. The van der Waals surface area contributed by atoms with Crippen molar-refractivity contribution in [3.8, 4) is 5.88 Å². The lowest BCUT2D eigenvalue weighted by molar-refractivity contribution is 0.205. The summed E-state index contributed by atoms with van der Waals surface area (Å²) in [5.74, 6) is 1.85. The summed E-state index contributed by atoms with van der Waals surface area (Å²) in [5, 5.41) is 3.11. The Labute approximate surface area is 197 Å². The summed E-state index contributed by atoms with van der Waals surface area (Å²) in [7, 11) is -3.68. The summed E-state index contributed by atoms with van der Waals surface area (Å²) >= 11 is 0. The standard InChI is InChI=1S/C23H26N6O4S/c30-34(31,26-13-18-7-4-12-32-18)19-10-8-17(9-11-19)27-23-28-21-20(24-15-25-21)22(29-23)33-14-16-5-2-1-3-6-16/h4,7-12,15-16,26H,1-3,5-6,13-14H2,(H2,24,25,27,28,29). The molecule has 34 heavy (non-hydrogen) atoms. The SMILES string of the molecule is O=S(=O)(NCc1ccco1)c1ccc(Nc2nc(OCC3CCCCC3)c3[nH]cnc3n2)cc1. The minimum absolute atomic E-state index is 0.0798. The number of hydrogen-bond acceptors (Lipinski definition) is 8. The maximum absolute atomic E-state index is 12.5. The Kier molecular flexibility index (Phi) is 6.45. The van der Waals surface area contributed by atoms with Crippen molar-refractivity contribution in [1.82, 2.24) is 24.7 Å². The number of aromatic amines is 1. The average Bonchev–Trinajstić information content (AvgIpc) is 3.55. The number of ether oxygens (including phenoxy) is 1. The van der Waals surface area contributed by atoms with E-state index in [1.54, 1.807) is 30.6 Å². The smallest absolute Gasteiger partial charge is 0.245 e. The van der Waals surface area contributed by atoms with E-state index in [9.17, 15) is 8.42 Å². The number of sulfonamides is 1. The molecule has 0 saturated heterocycles. The van der Waals surface area contributed by atoms with Crippen molar-refractivity contribution < 1.29 is 17.6 Å². The van der Waals surface area contributed by atoms with Crippen molar-refractivity contribution in [1.29, 1.82) is 0 Å². The molecule has 0 spiro atoms. The average molecular weight is 483 g/mol. The van der Waals surface area contributed by atoms with E-state index in [2.05, 4.69) is 30.0 Å². The number of imidazole rings is 1. The number of nitrogens with zero attached hydrogens (tertiary/aromatic N) is 3. The Hall–Kier alpha value is -3.44. The Balaban J connectivity index is 1.28. The lowest BCUT2D eigenvalue weighted by atomic mass is 9.90. The Morgan fingerprint density at radius 3 is 2.68 bits per heavy atom. The fraction of sp³-hybridized carbons (Fsp3) is 0.348. The Bertz CT molecular complexity index is 1330. The van der Waals surface area contributed by atoms with Crippen LogP contribution in [0.25, 0.3) is 11.2 Å². The Morgan fingerprint density at radius 2 is 1.91 bits per heavy atom. The summed E-state index contributed by atoms with van der Waals surface area (Å²) in [6.45, 7) is 0.693. The molecule has 0 amide bonds. The maximum atomic E-state index is 12.5. The number of rotatable bonds is 9. The second-order valence-corrected chi connectivity index (χ2v) is 10.1. The van der Waals surface area contributed by atoms with Crippen LogP contribution in [0.3, 0.4) is 0 Å². The molecule has 10 nitrogen and oxygen atoms in total. The molecule has 0 radical (unpaired) electrons. The van der Waals surface area contributed by atoms with Gasteiger partial charge in [0, 0.05) is 5.69 Å². The van der Waals surface area contributed by atoms with Gasteiger partial charge in [0.15, 0.2) is 5.65 Å². The number of H-pyrrole nitrogens is 1. The van der Waals surface area contributed by atoms with Crippen molar-refractivity contribution in [3.63, 3.8) is 0 Å². The molecule has 11 heteroatoms. The normalized spacial score (nSPS) is 14.9. The lowest BCUT2D eigenvalue weighted by Crippen LogP contribution is -2.22. The number of benzene rings is 1. The minimum atomic E-state index is -3.68. The van der Waals surface area contributed by atoms with Crippen LogP contribution in [0.5, 0.6) is 5.88 Å². The van der Waals surface area contributed by atoms with Gasteiger partial charge in [0.05, 0.1) is 30.6 Å². The molecule has 0 unspecified atom stereocenters. The fourth-order valence-corrected chi connectivity index (χ4v) is 5.02. The highest BCUT2D eigenvalue weighted by Crippen LogP contribution is 2.27. The number of furan rings is 1. The number of hydrogen-bond donors (Lipinski definition) is 3. The molecule has 4 aromatic rings. The zero-order chi connectivity index (χ0) is 23.4. The number of anilines is 2. The largest absolute Gasteiger partial charge is 0.476 e. The van der Waals surface area contributed by atoms with Gasteiger partial charge in [-0.1, -0.05) is 19.3 Å². The third-order valence-electron chi connectivity index (χ3n) is 5.87. The molecule has 1 aliphatic carbocycles. The van der Waals surface area contributed by atoms with Crippen molar-refractivity contribution in [2.24, 2.45) is 5.92 Å². The van der Waals surface area contributed by atoms with Gasteiger partial charge in [-0.2, -0.15) is 9.97 Å². The highest BCUT2D eigenvalue weighted by molar-refractivity contribution is 7.89. The quantitative estimate of drug-likeness (QED) is 0.324. The van der Waals surface area contributed by atoms with E-state index in [4.69, 9.17) is 9.15 Å². The molecule has 5 rings (SSSR count). The molecule has 0 bridgehead atoms. The van der Waals surface area contributed by atoms with Gasteiger partial charge in [0.1, 0.15) is 11.3 Å². The van der Waals surface area contributed by atoms with Crippen molar-refractivity contribution in [3.05, 3.63) is 54.7 Å². The molecular weight excluding hydrogens is 456 g/mol. The molecular formula is C23H26N6O4S. The van der Waals surface area contributed by atoms with Crippen LogP contribution in [0.2, 0.25) is 0 Å². The molecule has 1 aliphatic rings. The molecule has 1 saturated carbocycles. The second-order valence-electron chi connectivity index (χ2n) is 8.32. The molecule has 3 aromatic heterocycles. The molecule has 3 N–H and O–H groups in total. The molecule has 1 fully saturated rings. The summed E-state index contributed by atoms with van der Waals surface area (Å²) in [6, 6.07) is 9.75. The van der Waals surface area contributed by atoms with Crippen molar-refractivity contribution in [2.75, 3.05) is 11.9 Å². The first-order valence-corrected chi connectivity index (χ1v) is 12.8. The molecule has 0 aliphatic heterocycles. The fourth-order valence-electron chi connectivity index (χ4n) is 4.03. The van der Waals surface area contributed by atoms with Crippen LogP contribution >= 0.6 is 0 Å². The van der Waals surface area contributed by atoms with E-state index in [1.807, 2.05) is 0 Å². The van der Waals surface area contributed by atoms with Crippen LogP contribution in [0, 0.1) is 5.92 Å². The van der Waals surface area contributed by atoms with E-state index in [1.165, 1.54) is 50.5 Å². The summed E-state index contributed by atoms with van der Waals surface area (Å²) in [6.07, 6.45) is 9.19. The summed E-state index contributed by atoms with van der Waals surface area (Å²) in [5.41, 5.74) is 1.79. The summed E-state index contributed by atoms with van der Waals surface area (Å²) in [4.78, 5) is 16.4. The van der Waals surface area contributed by atoms with Crippen LogP contribution in [0.15, 0.2) is 58.3 Å². The van der Waals surface area contributed by atoms with Crippen LogP contribution < -0.4 is 14.8 Å². The van der Waals surface area contributed by atoms with Crippen molar-refractivity contribution in [2.45, 2.75) is 43.5 Å². The van der Waals surface area contributed by atoms with E-state index in [0.29, 0.717) is 47.0 Å². The van der Waals surface area contributed by atoms with Gasteiger partial charge >= 0.3 is 0 Å². The monoisotopic (exact) mass is 482 g/mol. The molecule has 1 aromatic carbocycles. The van der Waals surface area contributed by atoms with Gasteiger partial charge < -0.3 is 19.5 Å². The third-order valence-corrected chi connectivity index (χ3v) is 7.29. The van der Waals surface area contributed by atoms with Crippen LogP contribution in [0.4, 0.5) is 11.6 Å².